The summed E-state index contributed by atoms with van der Waals surface area (Å²) in [7, 11) is -4.36. The van der Waals surface area contributed by atoms with E-state index in [1.807, 2.05) is 30.3 Å². The summed E-state index contributed by atoms with van der Waals surface area (Å²) in [5, 5.41) is 0.102. The third kappa shape index (κ3) is 8.90. The van der Waals surface area contributed by atoms with E-state index in [9.17, 15) is 13.2 Å². The Morgan fingerprint density at radius 3 is 2.35 bits per heavy atom. The highest BCUT2D eigenvalue weighted by Gasteiger charge is 2.37. The maximum absolute atomic E-state index is 13.8. The van der Waals surface area contributed by atoms with E-state index in [0.29, 0.717) is 30.8 Å². The Bertz CT molecular complexity index is 1200. The minimum absolute atomic E-state index is 0.102. The summed E-state index contributed by atoms with van der Waals surface area (Å²) in [6, 6.07) is 13.5. The highest BCUT2D eigenvalue weighted by atomic mass is 32.2. The molecule has 1 fully saturated rings. The van der Waals surface area contributed by atoms with Crippen molar-refractivity contribution in [3.05, 3.63) is 59.7 Å². The van der Waals surface area contributed by atoms with Gasteiger partial charge in [-0.25, -0.2) is 8.42 Å². The molecule has 222 valence electrons. The van der Waals surface area contributed by atoms with Crippen LogP contribution in [0.2, 0.25) is 18.1 Å². The average Bonchev–Trinajstić information content (AvgIpc) is 2.93. The maximum atomic E-state index is 13.8. The highest BCUT2D eigenvalue weighted by Crippen LogP contribution is 2.36. The number of methoxy groups -OCH3 is 1. The van der Waals surface area contributed by atoms with Gasteiger partial charge in [0.2, 0.25) is 10.0 Å². The van der Waals surface area contributed by atoms with E-state index in [2.05, 4.69) is 38.6 Å². The zero-order valence-corrected chi connectivity index (χ0v) is 26.8. The fourth-order valence-corrected chi connectivity index (χ4v) is 7.39. The molecule has 0 spiro atoms. The molecule has 0 radical (unpaired) electrons. The minimum Gasteiger partial charge on any atom is -0.497 e. The summed E-state index contributed by atoms with van der Waals surface area (Å²) in [4.78, 5) is 13.5. The van der Waals surface area contributed by atoms with E-state index >= 15 is 0 Å². The van der Waals surface area contributed by atoms with Crippen molar-refractivity contribution in [1.29, 1.82) is 0 Å². The molecule has 0 bridgehead atoms. The van der Waals surface area contributed by atoms with Crippen molar-refractivity contribution in [2.24, 2.45) is 5.92 Å². The second-order valence-corrected chi connectivity index (χ2v) is 18.8. The molecule has 0 amide bonds. The van der Waals surface area contributed by atoms with Crippen LogP contribution in [-0.2, 0) is 37.0 Å². The summed E-state index contributed by atoms with van der Waals surface area (Å²) in [5.41, 5.74) is 1.50. The van der Waals surface area contributed by atoms with Crippen LogP contribution in [0.5, 0.6) is 5.75 Å². The lowest BCUT2D eigenvalue weighted by molar-refractivity contribution is -0.148. The van der Waals surface area contributed by atoms with Gasteiger partial charge in [0.1, 0.15) is 18.4 Å². The molecular weight excluding hydrogens is 542 g/mol. The lowest BCUT2D eigenvalue weighted by atomic mass is 9.84. The van der Waals surface area contributed by atoms with Gasteiger partial charge in [-0.3, -0.25) is 4.79 Å². The number of carbonyl (C=O) groups is 1. The largest absolute Gasteiger partial charge is 0.497 e. The maximum Gasteiger partial charge on any atom is 0.324 e. The Hall–Kier alpha value is -2.20. The summed E-state index contributed by atoms with van der Waals surface area (Å²) >= 11 is 0. The van der Waals surface area contributed by atoms with Crippen LogP contribution in [0.1, 0.15) is 70.4 Å². The fraction of sp³-hybridized carbons (Fsp3) is 0.581. The molecule has 0 aromatic heterocycles. The average molecular weight is 590 g/mol. The molecule has 1 N–H and O–H groups in total. The molecule has 3 rings (SSSR count). The van der Waals surface area contributed by atoms with Crippen LogP contribution in [0.3, 0.4) is 0 Å². The van der Waals surface area contributed by atoms with E-state index in [-0.39, 0.29) is 22.5 Å². The third-order valence-electron chi connectivity index (χ3n) is 8.30. The summed E-state index contributed by atoms with van der Waals surface area (Å²) in [6.07, 6.45) is 5.78. The van der Waals surface area contributed by atoms with Crippen molar-refractivity contribution in [3.63, 3.8) is 0 Å². The van der Waals surface area contributed by atoms with E-state index in [0.717, 1.165) is 37.7 Å². The van der Waals surface area contributed by atoms with Crippen LogP contribution in [0.15, 0.2) is 53.4 Å². The third-order valence-corrected chi connectivity index (χ3v) is 14.4. The first-order valence-electron chi connectivity index (χ1n) is 14.4. The second kappa shape index (κ2) is 14.1. The Balaban J connectivity index is 1.79. The quantitative estimate of drug-likeness (QED) is 0.160. The number of sulfonamides is 1. The van der Waals surface area contributed by atoms with Gasteiger partial charge in [-0.1, -0.05) is 70.4 Å². The first-order chi connectivity index (χ1) is 18.8. The molecule has 1 atom stereocenters. The lowest BCUT2D eigenvalue weighted by Gasteiger charge is -2.36. The zero-order valence-electron chi connectivity index (χ0n) is 25.0. The Kier molecular flexibility index (Phi) is 11.4. The zero-order chi connectivity index (χ0) is 29.4. The molecule has 1 aliphatic rings. The van der Waals surface area contributed by atoms with Gasteiger partial charge >= 0.3 is 5.97 Å². The Labute approximate surface area is 242 Å². The summed E-state index contributed by atoms with van der Waals surface area (Å²) < 4.78 is 47.8. The van der Waals surface area contributed by atoms with Crippen molar-refractivity contribution in [2.45, 2.75) is 101 Å². The molecule has 40 heavy (non-hydrogen) atoms. The highest BCUT2D eigenvalue weighted by molar-refractivity contribution is 7.89. The molecule has 1 saturated carbocycles. The van der Waals surface area contributed by atoms with Crippen molar-refractivity contribution in [3.8, 4) is 5.75 Å². The topological polar surface area (TPSA) is 90.9 Å². The van der Waals surface area contributed by atoms with Crippen LogP contribution in [-0.4, -0.2) is 42.5 Å². The van der Waals surface area contributed by atoms with Crippen LogP contribution < -0.4 is 9.46 Å². The molecule has 2 aromatic rings. The Morgan fingerprint density at radius 2 is 1.73 bits per heavy atom. The number of esters is 1. The molecule has 2 aromatic carbocycles. The molecule has 1 unspecified atom stereocenters. The SMILES string of the molecule is COc1ccc(S(=O)(=O)NC(C(=O)OCc2ccccc2)C2CCCCC2)c(CCCO[Si](C)(C)C(C)(C)C)c1. The molecule has 7 nitrogen and oxygen atoms in total. The first-order valence-corrected chi connectivity index (χ1v) is 18.8. The number of aryl methyl sites for hydroxylation is 1. The van der Waals surface area contributed by atoms with Gasteiger partial charge in [0.25, 0.3) is 0 Å². The molecule has 1 aliphatic carbocycles. The predicted molar refractivity (Wildman–Crippen MR) is 161 cm³/mol. The standard InChI is InChI=1S/C31H47NO6SSi/c1-31(2,3)40(5,6)38-21-13-18-26-22-27(36-4)19-20-28(26)39(34,35)32-29(25-16-11-8-12-17-25)30(33)37-23-24-14-9-7-10-15-24/h7,9-10,14-15,19-20,22,25,29,32H,8,11-13,16-18,21,23H2,1-6H3. The number of hydrogen-bond acceptors (Lipinski definition) is 6. The van der Waals surface area contributed by atoms with Gasteiger partial charge in [-0.15, -0.1) is 0 Å². The number of carbonyl (C=O) groups excluding carboxylic acids is 1. The van der Waals surface area contributed by atoms with Crippen LogP contribution >= 0.6 is 0 Å². The van der Waals surface area contributed by atoms with E-state index in [4.69, 9.17) is 13.9 Å². The van der Waals surface area contributed by atoms with Gasteiger partial charge < -0.3 is 13.9 Å². The monoisotopic (exact) mass is 589 g/mol. The predicted octanol–water partition coefficient (Wildman–Crippen LogP) is 6.62. The molecular formula is C31H47NO6SSi. The number of rotatable bonds is 13. The van der Waals surface area contributed by atoms with Crippen LogP contribution in [0, 0.1) is 5.92 Å². The fourth-order valence-electron chi connectivity index (χ4n) is 4.80. The molecule has 0 saturated heterocycles. The molecule has 0 aliphatic heterocycles. The first kappa shape index (κ1) is 32.3. The summed E-state index contributed by atoms with van der Waals surface area (Å²) in [6.45, 7) is 11.7. The van der Waals surface area contributed by atoms with Crippen LogP contribution in [0.4, 0.5) is 0 Å². The van der Waals surface area contributed by atoms with Crippen molar-refractivity contribution >= 4 is 24.3 Å². The number of nitrogens with one attached hydrogen (secondary N) is 1. The second-order valence-electron chi connectivity index (χ2n) is 12.3. The number of ether oxygens (including phenoxy) is 2. The lowest BCUT2D eigenvalue weighted by Crippen LogP contribution is -2.47. The van der Waals surface area contributed by atoms with E-state index in [1.54, 1.807) is 25.3 Å². The van der Waals surface area contributed by atoms with Crippen molar-refractivity contribution in [2.75, 3.05) is 13.7 Å². The van der Waals surface area contributed by atoms with Crippen molar-refractivity contribution in [1.82, 2.24) is 4.72 Å². The van der Waals surface area contributed by atoms with E-state index < -0.39 is 30.4 Å². The van der Waals surface area contributed by atoms with Crippen LogP contribution in [0.25, 0.3) is 0 Å². The van der Waals surface area contributed by atoms with Crippen molar-refractivity contribution < 1.29 is 27.1 Å². The number of hydrogen-bond donors (Lipinski definition) is 1. The normalized spacial score (nSPS) is 15.9. The smallest absolute Gasteiger partial charge is 0.324 e. The number of benzene rings is 2. The van der Waals surface area contributed by atoms with Gasteiger partial charge in [0.15, 0.2) is 8.32 Å². The molecule has 9 heteroatoms. The van der Waals surface area contributed by atoms with Gasteiger partial charge in [0, 0.05) is 6.61 Å². The van der Waals surface area contributed by atoms with E-state index in [1.165, 1.54) is 0 Å². The van der Waals surface area contributed by atoms with Gasteiger partial charge in [-0.2, -0.15) is 4.72 Å². The Morgan fingerprint density at radius 1 is 1.05 bits per heavy atom. The minimum atomic E-state index is -4.02. The summed E-state index contributed by atoms with van der Waals surface area (Å²) in [5.74, 6) is -0.0472. The van der Waals surface area contributed by atoms with Gasteiger partial charge in [-0.05, 0) is 79.1 Å². The molecule has 0 heterocycles. The van der Waals surface area contributed by atoms with Gasteiger partial charge in [0.05, 0.1) is 12.0 Å².